The predicted octanol–water partition coefficient (Wildman–Crippen LogP) is 1.36. The zero-order chi connectivity index (χ0) is 15.1. The van der Waals surface area contributed by atoms with Crippen LogP contribution in [0.25, 0.3) is 0 Å². The van der Waals surface area contributed by atoms with Crippen molar-refractivity contribution in [3.8, 4) is 0 Å². The second-order valence-electron chi connectivity index (χ2n) is 6.04. The summed E-state index contributed by atoms with van der Waals surface area (Å²) in [6.07, 6.45) is 7.12. The van der Waals surface area contributed by atoms with E-state index in [0.717, 1.165) is 49.9 Å². The molecule has 2 fully saturated rings. The van der Waals surface area contributed by atoms with Crippen molar-refractivity contribution in [3.63, 3.8) is 0 Å². The average Bonchev–Trinajstić information content (AvgIpc) is 3.14. The number of oxazole rings is 1. The maximum absolute atomic E-state index is 11.8. The largest absolute Gasteiger partial charge is 0.445 e. The zero-order valence-electron chi connectivity index (χ0n) is 12.6. The minimum atomic E-state index is 0.203. The number of hydrogen-bond donors (Lipinski definition) is 0. The highest BCUT2D eigenvalue weighted by atomic mass is 16.4. The first kappa shape index (κ1) is 13.5. The molecule has 0 atom stereocenters. The van der Waals surface area contributed by atoms with E-state index in [-0.39, 0.29) is 5.91 Å². The van der Waals surface area contributed by atoms with Gasteiger partial charge in [-0.3, -0.25) is 14.4 Å². The maximum atomic E-state index is 11.8. The monoisotopic (exact) mass is 301 g/mol. The van der Waals surface area contributed by atoms with Gasteiger partial charge in [-0.15, -0.1) is 0 Å². The second kappa shape index (κ2) is 5.24. The zero-order valence-corrected chi connectivity index (χ0v) is 12.6. The van der Waals surface area contributed by atoms with Crippen molar-refractivity contribution in [2.75, 3.05) is 24.5 Å². The van der Waals surface area contributed by atoms with Gasteiger partial charge in [0.05, 0.1) is 30.7 Å². The number of carbonyl (C=O) groups is 1. The summed E-state index contributed by atoms with van der Waals surface area (Å²) >= 11 is 0. The summed E-state index contributed by atoms with van der Waals surface area (Å²) in [5.74, 6) is 1.81. The molecule has 4 rings (SSSR count). The Morgan fingerprint density at radius 2 is 2.23 bits per heavy atom. The normalized spacial score (nSPS) is 19.9. The summed E-state index contributed by atoms with van der Waals surface area (Å²) in [5, 5.41) is 4.42. The number of anilines is 1. The molecule has 0 saturated carbocycles. The van der Waals surface area contributed by atoms with Crippen molar-refractivity contribution in [2.24, 2.45) is 0 Å². The molecule has 2 aliphatic rings. The number of nitrogens with zero attached hydrogens (tertiary/aromatic N) is 5. The fourth-order valence-corrected chi connectivity index (χ4v) is 3.09. The minimum Gasteiger partial charge on any atom is -0.445 e. The van der Waals surface area contributed by atoms with Gasteiger partial charge in [-0.2, -0.15) is 5.10 Å². The van der Waals surface area contributed by atoms with Crippen LogP contribution in [0.2, 0.25) is 0 Å². The Kier molecular flexibility index (Phi) is 3.22. The smallest absolute Gasteiger partial charge is 0.227 e. The van der Waals surface area contributed by atoms with Crippen LogP contribution < -0.4 is 4.90 Å². The fraction of sp³-hybridized carbons (Fsp3) is 0.533. The number of carbonyl (C=O) groups excluding carboxylic acids is 1. The van der Waals surface area contributed by atoms with Crippen LogP contribution in [0.3, 0.4) is 0 Å². The van der Waals surface area contributed by atoms with Gasteiger partial charge >= 0.3 is 0 Å². The molecule has 7 nitrogen and oxygen atoms in total. The molecule has 7 heteroatoms. The molecule has 2 aromatic heterocycles. The lowest BCUT2D eigenvalue weighted by Gasteiger charge is -2.38. The molecule has 2 aromatic rings. The molecule has 0 aromatic carbocycles. The van der Waals surface area contributed by atoms with Gasteiger partial charge < -0.3 is 9.32 Å². The molecular weight excluding hydrogens is 282 g/mol. The van der Waals surface area contributed by atoms with Crippen molar-refractivity contribution in [1.82, 2.24) is 19.7 Å². The van der Waals surface area contributed by atoms with Crippen LogP contribution in [0.5, 0.6) is 0 Å². The average molecular weight is 301 g/mol. The van der Waals surface area contributed by atoms with E-state index in [4.69, 9.17) is 4.42 Å². The van der Waals surface area contributed by atoms with Crippen molar-refractivity contribution >= 4 is 11.6 Å². The van der Waals surface area contributed by atoms with E-state index in [1.54, 1.807) is 12.4 Å². The molecule has 0 N–H and O–H groups in total. The Labute approximate surface area is 128 Å². The molecule has 1 amide bonds. The molecule has 0 unspecified atom stereocenters. The fourth-order valence-electron chi connectivity index (χ4n) is 3.09. The summed E-state index contributed by atoms with van der Waals surface area (Å²) in [5.41, 5.74) is 0.921. The first-order valence-electron chi connectivity index (χ1n) is 7.67. The first-order valence-corrected chi connectivity index (χ1v) is 7.67. The highest BCUT2D eigenvalue weighted by molar-refractivity contribution is 5.95. The third-order valence-electron chi connectivity index (χ3n) is 4.31. The molecular formula is C15H19N5O2. The van der Waals surface area contributed by atoms with Crippen LogP contribution in [-0.4, -0.2) is 45.2 Å². The molecule has 2 saturated heterocycles. The van der Waals surface area contributed by atoms with Crippen LogP contribution in [0, 0.1) is 6.92 Å². The quantitative estimate of drug-likeness (QED) is 0.853. The standard InChI is InChI=1S/C15H19N5O2/c1-11-5-16-14(22-11)10-18-7-13(8-18)20-9-12(6-17-20)19-4-2-3-15(19)21/h5-6,9,13H,2-4,7-8,10H2,1H3. The summed E-state index contributed by atoms with van der Waals surface area (Å²) in [6, 6.07) is 0.363. The van der Waals surface area contributed by atoms with E-state index < -0.39 is 0 Å². The first-order chi connectivity index (χ1) is 10.7. The van der Waals surface area contributed by atoms with Crippen LogP contribution in [0.1, 0.15) is 30.5 Å². The number of likely N-dealkylation sites (tertiary alicyclic amines) is 1. The van der Waals surface area contributed by atoms with E-state index in [1.165, 1.54) is 0 Å². The molecule has 4 heterocycles. The molecule has 2 aliphatic heterocycles. The molecule has 0 spiro atoms. The van der Waals surface area contributed by atoms with E-state index in [9.17, 15) is 4.79 Å². The summed E-state index contributed by atoms with van der Waals surface area (Å²) in [4.78, 5) is 20.1. The van der Waals surface area contributed by atoms with Gasteiger partial charge in [-0.25, -0.2) is 4.98 Å². The van der Waals surface area contributed by atoms with Gasteiger partial charge in [-0.1, -0.05) is 0 Å². The van der Waals surface area contributed by atoms with Gasteiger partial charge in [0.15, 0.2) is 0 Å². The summed E-state index contributed by atoms with van der Waals surface area (Å²) in [6.45, 7) is 5.31. The summed E-state index contributed by atoms with van der Waals surface area (Å²) < 4.78 is 7.47. The lowest BCUT2D eigenvalue weighted by molar-refractivity contribution is -0.117. The van der Waals surface area contributed by atoms with Crippen molar-refractivity contribution < 1.29 is 9.21 Å². The summed E-state index contributed by atoms with van der Waals surface area (Å²) in [7, 11) is 0. The predicted molar refractivity (Wildman–Crippen MR) is 79.4 cm³/mol. The molecule has 0 aliphatic carbocycles. The van der Waals surface area contributed by atoms with Gasteiger partial charge in [0.25, 0.3) is 0 Å². The van der Waals surface area contributed by atoms with Crippen molar-refractivity contribution in [2.45, 2.75) is 32.4 Å². The van der Waals surface area contributed by atoms with Crippen molar-refractivity contribution in [1.29, 1.82) is 0 Å². The maximum Gasteiger partial charge on any atom is 0.227 e. The molecule has 0 bridgehead atoms. The third kappa shape index (κ3) is 2.41. The lowest BCUT2D eigenvalue weighted by atomic mass is 10.1. The van der Waals surface area contributed by atoms with Gasteiger partial charge in [0.1, 0.15) is 5.76 Å². The topological polar surface area (TPSA) is 67.4 Å². The second-order valence-corrected chi connectivity index (χ2v) is 6.04. The number of aromatic nitrogens is 3. The Hall–Kier alpha value is -2.15. The number of aryl methyl sites for hydroxylation is 1. The van der Waals surface area contributed by atoms with Gasteiger partial charge in [0.2, 0.25) is 11.8 Å². The Balaban J connectivity index is 1.35. The van der Waals surface area contributed by atoms with E-state index in [2.05, 4.69) is 15.0 Å². The molecule has 116 valence electrons. The third-order valence-corrected chi connectivity index (χ3v) is 4.31. The van der Waals surface area contributed by atoms with E-state index >= 15 is 0 Å². The van der Waals surface area contributed by atoms with Gasteiger partial charge in [0, 0.05) is 32.3 Å². The SMILES string of the molecule is Cc1cnc(CN2CC(n3cc(N4CCCC4=O)cn3)C2)o1. The minimum absolute atomic E-state index is 0.203. The number of rotatable bonds is 4. The van der Waals surface area contributed by atoms with Crippen LogP contribution in [0.4, 0.5) is 5.69 Å². The van der Waals surface area contributed by atoms with Crippen molar-refractivity contribution in [3.05, 3.63) is 30.2 Å². The van der Waals surface area contributed by atoms with Crippen LogP contribution in [0.15, 0.2) is 23.0 Å². The lowest BCUT2D eigenvalue weighted by Crippen LogP contribution is -2.47. The van der Waals surface area contributed by atoms with Gasteiger partial charge in [-0.05, 0) is 13.3 Å². The Morgan fingerprint density at radius 1 is 1.36 bits per heavy atom. The van der Waals surface area contributed by atoms with E-state index in [0.29, 0.717) is 12.5 Å². The molecule has 22 heavy (non-hydrogen) atoms. The number of hydrogen-bond acceptors (Lipinski definition) is 5. The van der Waals surface area contributed by atoms with E-state index in [1.807, 2.05) is 22.7 Å². The highest BCUT2D eigenvalue weighted by Gasteiger charge is 2.31. The Bertz CT molecular complexity index is 686. The Morgan fingerprint density at radius 3 is 2.91 bits per heavy atom. The molecule has 0 radical (unpaired) electrons. The van der Waals surface area contributed by atoms with Crippen LogP contribution >= 0.6 is 0 Å². The highest BCUT2D eigenvalue weighted by Crippen LogP contribution is 2.26. The number of amides is 1. The van der Waals surface area contributed by atoms with Crippen LogP contribution in [-0.2, 0) is 11.3 Å².